The van der Waals surface area contributed by atoms with Crippen molar-refractivity contribution in [2.75, 3.05) is 13.1 Å². The van der Waals surface area contributed by atoms with Crippen molar-refractivity contribution < 1.29 is 27.8 Å². The summed E-state index contributed by atoms with van der Waals surface area (Å²) in [5, 5.41) is 10.3. The lowest BCUT2D eigenvalue weighted by Crippen LogP contribution is -2.51. The van der Waals surface area contributed by atoms with E-state index in [1.807, 2.05) is 0 Å². The number of rotatable bonds is 5. The second-order valence-corrected chi connectivity index (χ2v) is 6.55. The molecular formula is C20H20F3NO3. The smallest absolute Gasteiger partial charge is 0.222 e. The molecule has 1 fully saturated rings. The van der Waals surface area contributed by atoms with Gasteiger partial charge in [-0.1, -0.05) is 18.2 Å². The third-order valence-electron chi connectivity index (χ3n) is 4.56. The minimum absolute atomic E-state index is 0.00382. The first-order chi connectivity index (χ1) is 12.9. The van der Waals surface area contributed by atoms with E-state index in [1.165, 1.54) is 11.0 Å². The molecule has 0 spiro atoms. The van der Waals surface area contributed by atoms with Crippen LogP contribution in [0.3, 0.4) is 0 Å². The fraction of sp³-hybridized carbons (Fsp3) is 0.350. The summed E-state index contributed by atoms with van der Waals surface area (Å²) in [6.45, 7) is 0.397. The number of hydrogen-bond acceptors (Lipinski definition) is 3. The van der Waals surface area contributed by atoms with Crippen molar-refractivity contribution >= 4 is 5.91 Å². The van der Waals surface area contributed by atoms with Gasteiger partial charge in [0.05, 0.1) is 6.54 Å². The van der Waals surface area contributed by atoms with E-state index < -0.39 is 23.8 Å². The monoisotopic (exact) mass is 379 g/mol. The highest BCUT2D eigenvalue weighted by atomic mass is 19.1. The highest BCUT2D eigenvalue weighted by Gasteiger charge is 2.31. The molecule has 4 nitrogen and oxygen atoms in total. The van der Waals surface area contributed by atoms with Crippen LogP contribution in [0.2, 0.25) is 0 Å². The Bertz CT molecular complexity index is 795. The van der Waals surface area contributed by atoms with Crippen LogP contribution in [-0.4, -0.2) is 41.2 Å². The predicted molar refractivity (Wildman–Crippen MR) is 92.7 cm³/mol. The second-order valence-electron chi connectivity index (χ2n) is 6.55. The van der Waals surface area contributed by atoms with Crippen LogP contribution in [0.1, 0.15) is 18.4 Å². The number of likely N-dealkylation sites (tertiary alicyclic amines) is 1. The molecule has 0 radical (unpaired) electrons. The molecule has 2 aromatic carbocycles. The minimum Gasteiger partial charge on any atom is -0.487 e. The Morgan fingerprint density at radius 3 is 2.52 bits per heavy atom. The second kappa shape index (κ2) is 8.43. The molecular weight excluding hydrogens is 359 g/mol. The number of nitrogens with zero attached hydrogens (tertiary/aromatic N) is 1. The van der Waals surface area contributed by atoms with Crippen molar-refractivity contribution in [1.82, 2.24) is 4.90 Å². The Hall–Kier alpha value is -2.54. The molecule has 0 bridgehead atoms. The van der Waals surface area contributed by atoms with Crippen LogP contribution in [0, 0.1) is 17.5 Å². The topological polar surface area (TPSA) is 49.8 Å². The Kier molecular flexibility index (Phi) is 6.01. The summed E-state index contributed by atoms with van der Waals surface area (Å²) in [5.41, 5.74) is 0.470. The lowest BCUT2D eigenvalue weighted by Gasteiger charge is -2.36. The number of piperidine rings is 1. The number of hydrogen-bond donors (Lipinski definition) is 1. The number of carbonyl (C=O) groups excluding carboxylic acids is 1. The van der Waals surface area contributed by atoms with Crippen molar-refractivity contribution in [3.05, 3.63) is 65.5 Å². The Labute approximate surface area is 155 Å². The van der Waals surface area contributed by atoms with Crippen molar-refractivity contribution in [3.8, 4) is 5.75 Å². The number of aryl methyl sites for hydroxylation is 1. The van der Waals surface area contributed by atoms with Crippen molar-refractivity contribution in [2.45, 2.75) is 31.5 Å². The molecule has 0 saturated carbocycles. The average molecular weight is 379 g/mol. The van der Waals surface area contributed by atoms with Crippen LogP contribution >= 0.6 is 0 Å². The van der Waals surface area contributed by atoms with Gasteiger partial charge in [0.2, 0.25) is 5.91 Å². The molecule has 1 heterocycles. The Balaban J connectivity index is 1.53. The summed E-state index contributed by atoms with van der Waals surface area (Å²) in [7, 11) is 0. The van der Waals surface area contributed by atoms with E-state index in [0.29, 0.717) is 18.5 Å². The molecule has 144 valence electrons. The van der Waals surface area contributed by atoms with Gasteiger partial charge in [0, 0.05) is 37.6 Å². The average Bonchev–Trinajstić information content (AvgIpc) is 2.61. The lowest BCUT2D eigenvalue weighted by molar-refractivity contribution is -0.137. The first kappa shape index (κ1) is 19.2. The Morgan fingerprint density at radius 2 is 1.85 bits per heavy atom. The summed E-state index contributed by atoms with van der Waals surface area (Å²) in [6.07, 6.45) is -0.913. The van der Waals surface area contributed by atoms with E-state index in [-0.39, 0.29) is 36.9 Å². The van der Waals surface area contributed by atoms with Gasteiger partial charge in [-0.05, 0) is 18.1 Å². The fourth-order valence-corrected chi connectivity index (χ4v) is 3.15. The summed E-state index contributed by atoms with van der Waals surface area (Å²) in [6, 6.07) is 9.11. The molecule has 0 aromatic heterocycles. The van der Waals surface area contributed by atoms with E-state index in [2.05, 4.69) is 0 Å². The number of aliphatic hydroxyl groups excluding tert-OH is 1. The number of carbonyl (C=O) groups is 1. The van der Waals surface area contributed by atoms with Gasteiger partial charge in [-0.2, -0.15) is 0 Å². The van der Waals surface area contributed by atoms with Crippen LogP contribution in [0.4, 0.5) is 13.2 Å². The molecule has 2 atom stereocenters. The molecule has 0 aliphatic carbocycles. The van der Waals surface area contributed by atoms with Crippen molar-refractivity contribution in [3.63, 3.8) is 0 Å². The first-order valence-corrected chi connectivity index (χ1v) is 8.74. The number of halogens is 3. The zero-order valence-electron chi connectivity index (χ0n) is 14.6. The van der Waals surface area contributed by atoms with Gasteiger partial charge < -0.3 is 14.7 Å². The first-order valence-electron chi connectivity index (χ1n) is 8.74. The summed E-state index contributed by atoms with van der Waals surface area (Å²) in [4.78, 5) is 13.8. The lowest BCUT2D eigenvalue weighted by atomic mass is 10.0. The highest BCUT2D eigenvalue weighted by molar-refractivity contribution is 5.76. The van der Waals surface area contributed by atoms with Crippen molar-refractivity contribution in [2.24, 2.45) is 0 Å². The van der Waals surface area contributed by atoms with E-state index in [1.54, 1.807) is 18.2 Å². The largest absolute Gasteiger partial charge is 0.487 e. The number of ether oxygens (including phenoxy) is 1. The SMILES string of the molecule is O=C(CCc1ccccc1F)N1CC[C@@H](Oc2cc(F)cc(F)c2)[C@H](O)C1. The molecule has 7 heteroatoms. The zero-order valence-corrected chi connectivity index (χ0v) is 14.6. The molecule has 1 N–H and O–H groups in total. The van der Waals surface area contributed by atoms with Crippen LogP contribution in [0.15, 0.2) is 42.5 Å². The molecule has 27 heavy (non-hydrogen) atoms. The van der Waals surface area contributed by atoms with E-state index in [0.717, 1.165) is 18.2 Å². The number of β-amino-alcohol motifs (C(OH)–C–C–N with tert-alkyl or cyclic N) is 1. The maximum atomic E-state index is 13.6. The fourth-order valence-electron chi connectivity index (χ4n) is 3.15. The van der Waals surface area contributed by atoms with Crippen LogP contribution < -0.4 is 4.74 Å². The molecule has 2 aromatic rings. The molecule has 1 amide bonds. The van der Waals surface area contributed by atoms with E-state index in [9.17, 15) is 23.1 Å². The summed E-state index contributed by atoms with van der Waals surface area (Å²) >= 11 is 0. The molecule has 1 saturated heterocycles. The van der Waals surface area contributed by atoms with Crippen molar-refractivity contribution in [1.29, 1.82) is 0 Å². The maximum Gasteiger partial charge on any atom is 0.222 e. The summed E-state index contributed by atoms with van der Waals surface area (Å²) < 4.78 is 45.6. The molecule has 3 rings (SSSR count). The van der Waals surface area contributed by atoms with Gasteiger partial charge in [-0.25, -0.2) is 13.2 Å². The normalized spacial score (nSPS) is 19.8. The van der Waals surface area contributed by atoms with Crippen LogP contribution in [0.25, 0.3) is 0 Å². The standard InChI is InChI=1S/C20H20F3NO3/c21-14-9-15(22)11-16(10-14)27-19-7-8-24(12-18(19)25)20(26)6-5-13-3-1-2-4-17(13)23/h1-4,9-11,18-19,25H,5-8,12H2/t18-,19-/m1/s1. The zero-order chi connectivity index (χ0) is 19.4. The molecule has 0 unspecified atom stereocenters. The molecule has 1 aliphatic heterocycles. The van der Waals surface area contributed by atoms with E-state index >= 15 is 0 Å². The molecule has 1 aliphatic rings. The highest BCUT2D eigenvalue weighted by Crippen LogP contribution is 2.22. The van der Waals surface area contributed by atoms with Gasteiger partial charge in [-0.3, -0.25) is 4.79 Å². The predicted octanol–water partition coefficient (Wildman–Crippen LogP) is 3.08. The number of amides is 1. The number of benzene rings is 2. The number of aliphatic hydroxyl groups is 1. The van der Waals surface area contributed by atoms with Gasteiger partial charge in [0.25, 0.3) is 0 Å². The maximum absolute atomic E-state index is 13.6. The van der Waals surface area contributed by atoms with Crippen LogP contribution in [-0.2, 0) is 11.2 Å². The quantitative estimate of drug-likeness (QED) is 0.869. The van der Waals surface area contributed by atoms with Gasteiger partial charge >= 0.3 is 0 Å². The van der Waals surface area contributed by atoms with Crippen LogP contribution in [0.5, 0.6) is 5.75 Å². The van der Waals surface area contributed by atoms with Gasteiger partial charge in [0.1, 0.15) is 35.4 Å². The third-order valence-corrected chi connectivity index (χ3v) is 4.56. The van der Waals surface area contributed by atoms with E-state index in [4.69, 9.17) is 4.74 Å². The van der Waals surface area contributed by atoms with Gasteiger partial charge in [0.15, 0.2) is 0 Å². The Morgan fingerprint density at radius 1 is 1.15 bits per heavy atom. The summed E-state index contributed by atoms with van der Waals surface area (Å²) in [5.74, 6) is -2.07. The minimum atomic E-state index is -0.984. The van der Waals surface area contributed by atoms with Gasteiger partial charge in [-0.15, -0.1) is 0 Å². The third kappa shape index (κ3) is 5.01.